The Labute approximate surface area is 184 Å². The van der Waals surface area contributed by atoms with E-state index in [4.69, 9.17) is 5.26 Å². The zero-order chi connectivity index (χ0) is 23.1. The van der Waals surface area contributed by atoms with Gasteiger partial charge in [0, 0.05) is 12.8 Å². The number of hydrogen-bond donors (Lipinski definition) is 4. The number of carboxylic acid groups (broad SMARTS) is 1. The van der Waals surface area contributed by atoms with Crippen LogP contribution in [0.15, 0.2) is 54.6 Å². The van der Waals surface area contributed by atoms with Gasteiger partial charge in [0.15, 0.2) is 0 Å². The summed E-state index contributed by atoms with van der Waals surface area (Å²) < 4.78 is 0. The molecule has 164 valence electrons. The smallest absolute Gasteiger partial charge is 0.326 e. The zero-order valence-electron chi connectivity index (χ0n) is 17.1. The number of rotatable bonds is 8. The van der Waals surface area contributed by atoms with Gasteiger partial charge in [-0.2, -0.15) is 5.26 Å². The van der Waals surface area contributed by atoms with Crippen LogP contribution >= 0.6 is 0 Å². The number of carboxylic acids is 1. The molecule has 0 spiro atoms. The van der Waals surface area contributed by atoms with Crippen molar-refractivity contribution in [3.05, 3.63) is 71.3 Å². The molecule has 0 unspecified atom stereocenters. The van der Waals surface area contributed by atoms with Crippen molar-refractivity contribution in [3.63, 3.8) is 0 Å². The molecule has 1 saturated heterocycles. The van der Waals surface area contributed by atoms with Gasteiger partial charge in [0.25, 0.3) is 0 Å². The Morgan fingerprint density at radius 3 is 2.34 bits per heavy atom. The molecule has 1 heterocycles. The lowest BCUT2D eigenvalue weighted by molar-refractivity contribution is -0.142. The van der Waals surface area contributed by atoms with E-state index in [9.17, 15) is 24.3 Å². The summed E-state index contributed by atoms with van der Waals surface area (Å²) in [6.45, 7) is 0. The van der Waals surface area contributed by atoms with E-state index in [0.29, 0.717) is 17.5 Å². The van der Waals surface area contributed by atoms with E-state index in [1.165, 1.54) is 0 Å². The molecule has 0 aliphatic carbocycles. The van der Waals surface area contributed by atoms with E-state index in [0.717, 1.165) is 5.56 Å². The molecule has 0 bridgehead atoms. The molecule has 3 amide bonds. The average Bonchev–Trinajstić information content (AvgIpc) is 2.77. The maximum Gasteiger partial charge on any atom is 0.326 e. The van der Waals surface area contributed by atoms with E-state index < -0.39 is 48.2 Å². The van der Waals surface area contributed by atoms with Gasteiger partial charge in [0.2, 0.25) is 17.7 Å². The Balaban J connectivity index is 1.57. The number of carbonyl (C=O) groups excluding carboxylic acids is 3. The van der Waals surface area contributed by atoms with Crippen LogP contribution < -0.4 is 16.0 Å². The molecule has 3 rings (SSSR count). The number of aliphatic carboxylic acids is 1. The molecule has 0 aromatic heterocycles. The summed E-state index contributed by atoms with van der Waals surface area (Å²) in [7, 11) is 0. The van der Waals surface area contributed by atoms with Gasteiger partial charge in [0.05, 0.1) is 18.1 Å². The number of piperazine rings is 1. The fourth-order valence-electron chi connectivity index (χ4n) is 3.46. The third-order valence-corrected chi connectivity index (χ3v) is 5.07. The molecule has 9 nitrogen and oxygen atoms in total. The molecule has 32 heavy (non-hydrogen) atoms. The molecule has 1 aliphatic heterocycles. The first-order valence-electron chi connectivity index (χ1n) is 10.0. The lowest BCUT2D eigenvalue weighted by Gasteiger charge is -2.29. The van der Waals surface area contributed by atoms with Crippen LogP contribution in [-0.2, 0) is 32.0 Å². The van der Waals surface area contributed by atoms with Gasteiger partial charge in [-0.1, -0.05) is 42.5 Å². The Morgan fingerprint density at radius 1 is 1.00 bits per heavy atom. The molecule has 0 radical (unpaired) electrons. The Kier molecular flexibility index (Phi) is 7.18. The van der Waals surface area contributed by atoms with E-state index in [2.05, 4.69) is 16.0 Å². The van der Waals surface area contributed by atoms with Gasteiger partial charge in [-0.05, 0) is 23.3 Å². The van der Waals surface area contributed by atoms with Crippen molar-refractivity contribution in [1.29, 1.82) is 5.26 Å². The van der Waals surface area contributed by atoms with Crippen molar-refractivity contribution >= 4 is 23.7 Å². The van der Waals surface area contributed by atoms with Crippen molar-refractivity contribution < 1.29 is 24.3 Å². The maximum absolute atomic E-state index is 12.4. The highest BCUT2D eigenvalue weighted by atomic mass is 16.4. The minimum Gasteiger partial charge on any atom is -0.480 e. The Morgan fingerprint density at radius 2 is 1.66 bits per heavy atom. The molecular formula is C23H22N4O5. The second kappa shape index (κ2) is 10.2. The minimum atomic E-state index is -1.25. The number of benzene rings is 2. The lowest BCUT2D eigenvalue weighted by atomic mass is 10.0. The molecule has 2 aromatic carbocycles. The predicted octanol–water partition coefficient (Wildman–Crippen LogP) is 0.286. The predicted molar refractivity (Wildman–Crippen MR) is 113 cm³/mol. The summed E-state index contributed by atoms with van der Waals surface area (Å²) in [5.74, 6) is -2.85. The first kappa shape index (κ1) is 22.5. The Bertz CT molecular complexity index is 1060. The summed E-state index contributed by atoms with van der Waals surface area (Å²) in [6.07, 6.45) is -0.100. The third kappa shape index (κ3) is 5.92. The quantitative estimate of drug-likeness (QED) is 0.469. The normalized spacial score (nSPS) is 18.6. The van der Waals surface area contributed by atoms with Gasteiger partial charge in [-0.3, -0.25) is 14.4 Å². The number of amides is 3. The summed E-state index contributed by atoms with van der Waals surface area (Å²) in [6, 6.07) is 14.5. The van der Waals surface area contributed by atoms with E-state index in [-0.39, 0.29) is 6.42 Å². The lowest BCUT2D eigenvalue weighted by Crippen LogP contribution is -2.63. The van der Waals surface area contributed by atoms with Crippen molar-refractivity contribution in [3.8, 4) is 6.07 Å². The van der Waals surface area contributed by atoms with Crippen LogP contribution in [0.4, 0.5) is 0 Å². The van der Waals surface area contributed by atoms with Crippen molar-refractivity contribution in [2.75, 3.05) is 0 Å². The van der Waals surface area contributed by atoms with Crippen molar-refractivity contribution in [2.45, 2.75) is 37.4 Å². The third-order valence-electron chi connectivity index (χ3n) is 5.07. The average molecular weight is 434 g/mol. The van der Waals surface area contributed by atoms with Crippen LogP contribution in [0.5, 0.6) is 0 Å². The molecular weight excluding hydrogens is 412 g/mol. The monoisotopic (exact) mass is 434 g/mol. The number of hydrogen-bond acceptors (Lipinski definition) is 5. The van der Waals surface area contributed by atoms with E-state index in [1.807, 2.05) is 36.4 Å². The van der Waals surface area contributed by atoms with Crippen LogP contribution in [-0.4, -0.2) is 46.9 Å². The van der Waals surface area contributed by atoms with Crippen molar-refractivity contribution in [1.82, 2.24) is 16.0 Å². The topological polar surface area (TPSA) is 148 Å². The molecule has 9 heteroatoms. The first-order valence-corrected chi connectivity index (χ1v) is 10.0. The minimum absolute atomic E-state index is 0.0288. The second-order valence-corrected chi connectivity index (χ2v) is 7.49. The zero-order valence-corrected chi connectivity index (χ0v) is 17.1. The summed E-state index contributed by atoms with van der Waals surface area (Å²) in [5, 5.41) is 26.0. The largest absolute Gasteiger partial charge is 0.480 e. The van der Waals surface area contributed by atoms with Gasteiger partial charge < -0.3 is 21.1 Å². The summed E-state index contributed by atoms with van der Waals surface area (Å²) >= 11 is 0. The first-order chi connectivity index (χ1) is 15.4. The Hall–Kier alpha value is -4.19. The second-order valence-electron chi connectivity index (χ2n) is 7.49. The van der Waals surface area contributed by atoms with Gasteiger partial charge >= 0.3 is 5.97 Å². The van der Waals surface area contributed by atoms with Crippen LogP contribution in [0.25, 0.3) is 0 Å². The SMILES string of the molecule is N#Cc1cccc(C[C@H](NC(=O)C[C@@H]2NC(=O)[C@H](Cc3ccccc3)NC2=O)C(=O)O)c1. The van der Waals surface area contributed by atoms with Crippen LogP contribution in [0, 0.1) is 11.3 Å². The van der Waals surface area contributed by atoms with E-state index in [1.54, 1.807) is 24.3 Å². The van der Waals surface area contributed by atoms with Crippen LogP contribution in [0.2, 0.25) is 0 Å². The molecule has 0 saturated carbocycles. The highest BCUT2D eigenvalue weighted by molar-refractivity contribution is 5.99. The fraction of sp³-hybridized carbons (Fsp3) is 0.261. The molecule has 1 aliphatic rings. The molecule has 1 fully saturated rings. The van der Waals surface area contributed by atoms with E-state index >= 15 is 0 Å². The highest BCUT2D eigenvalue weighted by Gasteiger charge is 2.35. The summed E-state index contributed by atoms with van der Waals surface area (Å²) in [4.78, 5) is 48.8. The summed E-state index contributed by atoms with van der Waals surface area (Å²) in [5.41, 5.74) is 1.84. The molecule has 4 N–H and O–H groups in total. The number of nitrogens with zero attached hydrogens (tertiary/aromatic N) is 1. The standard InChI is InChI=1S/C23H22N4O5/c24-13-16-8-4-7-15(9-16)11-19(23(31)32)25-20(28)12-18-22(30)26-17(21(29)27-18)10-14-5-2-1-3-6-14/h1-9,17-19H,10-12H2,(H,25,28)(H,26,30)(H,27,29)(H,31,32)/t17-,18-,19-/m0/s1. The molecule has 3 atom stereocenters. The fourth-order valence-corrected chi connectivity index (χ4v) is 3.46. The maximum atomic E-state index is 12.4. The number of carbonyl (C=O) groups is 4. The van der Waals surface area contributed by atoms with Gasteiger partial charge in [-0.15, -0.1) is 0 Å². The molecule has 2 aromatic rings. The number of nitrogens with one attached hydrogen (secondary N) is 3. The highest BCUT2D eigenvalue weighted by Crippen LogP contribution is 2.10. The van der Waals surface area contributed by atoms with Gasteiger partial charge in [0.1, 0.15) is 18.1 Å². The number of nitriles is 1. The van der Waals surface area contributed by atoms with Gasteiger partial charge in [-0.25, -0.2) is 4.79 Å². The van der Waals surface area contributed by atoms with Crippen molar-refractivity contribution in [2.24, 2.45) is 0 Å². The van der Waals surface area contributed by atoms with Crippen LogP contribution in [0.3, 0.4) is 0 Å². The van der Waals surface area contributed by atoms with Crippen LogP contribution in [0.1, 0.15) is 23.1 Å².